The highest BCUT2D eigenvalue weighted by molar-refractivity contribution is 6.35. The Labute approximate surface area is 267 Å². The van der Waals surface area contributed by atoms with Crippen LogP contribution < -0.4 is 20.2 Å². The lowest BCUT2D eigenvalue weighted by molar-refractivity contribution is -0.164. The number of halogens is 2. The molecule has 3 aromatic carbocycles. The first-order valence-electron chi connectivity index (χ1n) is 15.0. The molecular weight excluding hydrogens is 601 g/mol. The van der Waals surface area contributed by atoms with Gasteiger partial charge in [0.2, 0.25) is 0 Å². The van der Waals surface area contributed by atoms with E-state index in [1.165, 1.54) is 0 Å². The van der Waals surface area contributed by atoms with E-state index in [1.807, 2.05) is 51.1 Å². The van der Waals surface area contributed by atoms with Crippen LogP contribution in [0.4, 0.5) is 11.4 Å². The zero-order valence-electron chi connectivity index (χ0n) is 25.2. The number of piperazine rings is 1. The predicted molar refractivity (Wildman–Crippen MR) is 174 cm³/mol. The summed E-state index contributed by atoms with van der Waals surface area (Å²) in [7, 11) is 0. The monoisotopic (exact) mass is 637 g/mol. The third kappa shape index (κ3) is 6.33. The number of anilines is 2. The zero-order chi connectivity index (χ0) is 30.8. The molecule has 9 nitrogen and oxygen atoms in total. The summed E-state index contributed by atoms with van der Waals surface area (Å²) >= 11 is 12.4. The fourth-order valence-electron chi connectivity index (χ4n) is 5.68. The molecule has 0 bridgehead atoms. The van der Waals surface area contributed by atoms with E-state index in [1.54, 1.807) is 27.7 Å². The minimum atomic E-state index is -0.944. The Morgan fingerprint density at radius 2 is 1.57 bits per heavy atom. The first kappa shape index (κ1) is 30.5. The van der Waals surface area contributed by atoms with Gasteiger partial charge in [-0.05, 0) is 80.9 Å². The molecule has 0 saturated carbocycles. The van der Waals surface area contributed by atoms with E-state index in [0.717, 1.165) is 61.0 Å². The molecule has 232 valence electrons. The van der Waals surface area contributed by atoms with Gasteiger partial charge in [0, 0.05) is 48.1 Å². The summed E-state index contributed by atoms with van der Waals surface area (Å²) in [5.74, 6) is -0.163. The standard InChI is InChI=1S/C33H37Cl2N5O4/c1-4-23(2)40-32(41)39(22-36-40)27-8-6-25(7-9-27)37-15-17-38(18-16-37)26-10-12-28(13-11-26)42-20-29-21-43-33(3,44-29)30-14-5-24(34)19-31(30)35/h5-14,19,22-23,29H,4,15-18,20-21H2,1-3H3/t23-,29?,33?/m0/s1. The molecule has 0 aliphatic carbocycles. The maximum Gasteiger partial charge on any atom is 0.350 e. The normalized spacial score (nSPS) is 21.1. The highest BCUT2D eigenvalue weighted by Crippen LogP contribution is 2.38. The number of rotatable bonds is 9. The number of benzene rings is 3. The molecule has 2 saturated heterocycles. The van der Waals surface area contributed by atoms with E-state index >= 15 is 0 Å². The number of ether oxygens (including phenoxy) is 3. The van der Waals surface area contributed by atoms with E-state index in [2.05, 4.69) is 39.2 Å². The topological polar surface area (TPSA) is 74.0 Å². The Morgan fingerprint density at radius 3 is 2.18 bits per heavy atom. The van der Waals surface area contributed by atoms with Gasteiger partial charge < -0.3 is 24.0 Å². The van der Waals surface area contributed by atoms with Crippen LogP contribution in [0.5, 0.6) is 5.75 Å². The molecule has 1 aromatic heterocycles. The van der Waals surface area contributed by atoms with Crippen LogP contribution in [0.3, 0.4) is 0 Å². The molecule has 44 heavy (non-hydrogen) atoms. The summed E-state index contributed by atoms with van der Waals surface area (Å²) < 4.78 is 21.3. The molecule has 4 aromatic rings. The van der Waals surface area contributed by atoms with E-state index in [4.69, 9.17) is 37.4 Å². The molecule has 11 heteroatoms. The quantitative estimate of drug-likeness (QED) is 0.213. The van der Waals surface area contributed by atoms with Gasteiger partial charge in [0.25, 0.3) is 0 Å². The molecular formula is C33H37Cl2N5O4. The van der Waals surface area contributed by atoms with Crippen LogP contribution in [0.1, 0.15) is 38.8 Å². The molecule has 0 radical (unpaired) electrons. The number of nitrogens with zero attached hydrogens (tertiary/aromatic N) is 5. The molecule has 6 rings (SSSR count). The smallest absolute Gasteiger partial charge is 0.350 e. The maximum atomic E-state index is 12.8. The van der Waals surface area contributed by atoms with Crippen molar-refractivity contribution in [3.05, 3.63) is 99.2 Å². The second-order valence-corrected chi connectivity index (χ2v) is 12.2. The van der Waals surface area contributed by atoms with Gasteiger partial charge in [-0.1, -0.05) is 36.2 Å². The molecule has 2 unspecified atom stereocenters. The third-order valence-electron chi connectivity index (χ3n) is 8.47. The molecule has 2 aliphatic rings. The second-order valence-electron chi connectivity index (χ2n) is 11.4. The predicted octanol–water partition coefficient (Wildman–Crippen LogP) is 6.31. The molecule has 3 heterocycles. The molecule has 0 spiro atoms. The fourth-order valence-corrected chi connectivity index (χ4v) is 6.26. The largest absolute Gasteiger partial charge is 0.491 e. The van der Waals surface area contributed by atoms with Crippen molar-refractivity contribution < 1.29 is 14.2 Å². The van der Waals surface area contributed by atoms with Crippen LogP contribution >= 0.6 is 23.2 Å². The highest BCUT2D eigenvalue weighted by Gasteiger charge is 2.40. The summed E-state index contributed by atoms with van der Waals surface area (Å²) in [5.41, 5.74) is 3.76. The average molecular weight is 639 g/mol. The molecule has 2 aliphatic heterocycles. The Balaban J connectivity index is 0.991. The van der Waals surface area contributed by atoms with Gasteiger partial charge in [-0.25, -0.2) is 14.0 Å². The number of hydrogen-bond donors (Lipinski definition) is 0. The zero-order valence-corrected chi connectivity index (χ0v) is 26.7. The molecule has 2 fully saturated rings. The van der Waals surface area contributed by atoms with E-state index in [9.17, 15) is 4.79 Å². The van der Waals surface area contributed by atoms with Gasteiger partial charge in [0.05, 0.1) is 23.4 Å². The number of aromatic nitrogens is 3. The van der Waals surface area contributed by atoms with E-state index < -0.39 is 5.79 Å². The SMILES string of the molecule is CC[C@H](C)n1ncn(-c2ccc(N3CCN(c4ccc(OCC5COC(C)(c6ccc(Cl)cc6Cl)O5)cc4)CC3)cc2)c1=O. The summed E-state index contributed by atoms with van der Waals surface area (Å²) in [4.78, 5) is 17.5. The van der Waals surface area contributed by atoms with Gasteiger partial charge in [0.1, 0.15) is 24.8 Å². The van der Waals surface area contributed by atoms with Gasteiger partial charge in [-0.2, -0.15) is 5.10 Å². The summed E-state index contributed by atoms with van der Waals surface area (Å²) in [6.07, 6.45) is 2.23. The van der Waals surface area contributed by atoms with Crippen molar-refractivity contribution in [1.82, 2.24) is 14.3 Å². The van der Waals surface area contributed by atoms with Crippen LogP contribution in [0, 0.1) is 0 Å². The summed E-state index contributed by atoms with van der Waals surface area (Å²) in [5, 5.41) is 5.37. The molecule has 0 N–H and O–H groups in total. The fraction of sp³-hybridized carbons (Fsp3) is 0.394. The van der Waals surface area contributed by atoms with Gasteiger partial charge >= 0.3 is 5.69 Å². The van der Waals surface area contributed by atoms with Crippen molar-refractivity contribution in [2.75, 3.05) is 49.2 Å². The maximum absolute atomic E-state index is 12.8. The average Bonchev–Trinajstić information content (AvgIpc) is 3.62. The number of hydrogen-bond acceptors (Lipinski definition) is 7. The van der Waals surface area contributed by atoms with Gasteiger partial charge in [0.15, 0.2) is 5.79 Å². The lowest BCUT2D eigenvalue weighted by Gasteiger charge is -2.37. The second kappa shape index (κ2) is 12.9. The summed E-state index contributed by atoms with van der Waals surface area (Å²) in [6, 6.07) is 21.7. The van der Waals surface area contributed by atoms with Crippen LogP contribution in [0.15, 0.2) is 77.9 Å². The lowest BCUT2D eigenvalue weighted by Crippen LogP contribution is -2.46. The Hall–Kier alpha value is -3.50. The first-order valence-corrected chi connectivity index (χ1v) is 15.8. The molecule has 3 atom stereocenters. The minimum absolute atomic E-state index is 0.0725. The van der Waals surface area contributed by atoms with Crippen molar-refractivity contribution in [1.29, 1.82) is 0 Å². The highest BCUT2D eigenvalue weighted by atomic mass is 35.5. The summed E-state index contributed by atoms with van der Waals surface area (Å²) in [6.45, 7) is 10.3. The van der Waals surface area contributed by atoms with Gasteiger partial charge in [-0.15, -0.1) is 0 Å². The van der Waals surface area contributed by atoms with Crippen LogP contribution in [-0.4, -0.2) is 59.8 Å². The van der Waals surface area contributed by atoms with Crippen molar-refractivity contribution in [2.45, 2.75) is 45.1 Å². The van der Waals surface area contributed by atoms with Crippen molar-refractivity contribution in [3.8, 4) is 11.4 Å². The van der Waals surface area contributed by atoms with E-state index in [0.29, 0.717) is 23.3 Å². The lowest BCUT2D eigenvalue weighted by atomic mass is 10.1. The third-order valence-corrected chi connectivity index (χ3v) is 9.02. The van der Waals surface area contributed by atoms with Crippen LogP contribution in [0.25, 0.3) is 5.69 Å². The minimum Gasteiger partial charge on any atom is -0.491 e. The Kier molecular flexibility index (Phi) is 8.91. The van der Waals surface area contributed by atoms with Crippen molar-refractivity contribution in [3.63, 3.8) is 0 Å². The Morgan fingerprint density at radius 1 is 0.955 bits per heavy atom. The van der Waals surface area contributed by atoms with Crippen LogP contribution in [0.2, 0.25) is 10.0 Å². The van der Waals surface area contributed by atoms with Gasteiger partial charge in [-0.3, -0.25) is 0 Å². The van der Waals surface area contributed by atoms with Crippen molar-refractivity contribution in [2.24, 2.45) is 0 Å². The molecule has 0 amide bonds. The van der Waals surface area contributed by atoms with E-state index in [-0.39, 0.29) is 17.8 Å². The van der Waals surface area contributed by atoms with Crippen LogP contribution in [-0.2, 0) is 15.3 Å². The Bertz CT molecular complexity index is 1630. The first-order chi connectivity index (χ1) is 21.2. The van der Waals surface area contributed by atoms with Crippen molar-refractivity contribution >= 4 is 34.6 Å².